The predicted octanol–water partition coefficient (Wildman–Crippen LogP) is 4.46. The number of nitrogens with zero attached hydrogens (tertiary/aromatic N) is 2. The number of ether oxygens (including phenoxy) is 3. The summed E-state index contributed by atoms with van der Waals surface area (Å²) in [6, 6.07) is 8.24. The second-order valence-corrected chi connectivity index (χ2v) is 8.33. The Kier molecular flexibility index (Phi) is 6.28. The zero-order chi connectivity index (χ0) is 24.6. The van der Waals surface area contributed by atoms with Gasteiger partial charge in [0.25, 0.3) is 5.69 Å². The molecule has 0 N–H and O–H groups in total. The number of allylic oxidation sites excluding steroid dienone is 2. The van der Waals surface area contributed by atoms with Crippen molar-refractivity contribution in [3.05, 3.63) is 62.8 Å². The Bertz CT molecular complexity index is 1190. The minimum Gasteiger partial charge on any atom is -0.493 e. The quantitative estimate of drug-likeness (QED) is 0.457. The number of aryl methyl sites for hydroxylation is 1. The number of nitro groups is 1. The van der Waals surface area contributed by atoms with Crippen LogP contribution in [0.25, 0.3) is 0 Å². The highest BCUT2D eigenvalue weighted by Crippen LogP contribution is 2.48. The van der Waals surface area contributed by atoms with Gasteiger partial charge in [-0.2, -0.15) is 0 Å². The van der Waals surface area contributed by atoms with Gasteiger partial charge in [-0.15, -0.1) is 0 Å². The molecular formula is C25H26N2O7. The average molecular weight is 466 g/mol. The Hall–Kier alpha value is -3.88. The first-order chi connectivity index (χ1) is 16.3. The Balaban J connectivity index is 1.92. The SMILES string of the molecule is COc1cc(C2CC(=O)N(c3ccc(C)cc3[N+](=O)[O-])C3=C2C(=O)CCC3)cc(OC)c1OC. The molecule has 0 fully saturated rings. The monoisotopic (exact) mass is 466 g/mol. The maximum atomic E-state index is 13.5. The average Bonchev–Trinajstić information content (AvgIpc) is 2.82. The zero-order valence-electron chi connectivity index (χ0n) is 19.5. The van der Waals surface area contributed by atoms with E-state index in [0.29, 0.717) is 58.9 Å². The van der Waals surface area contributed by atoms with Gasteiger partial charge in [0, 0.05) is 36.1 Å². The summed E-state index contributed by atoms with van der Waals surface area (Å²) in [5.41, 5.74) is 2.46. The van der Waals surface area contributed by atoms with Gasteiger partial charge >= 0.3 is 0 Å². The first-order valence-corrected chi connectivity index (χ1v) is 10.9. The van der Waals surface area contributed by atoms with E-state index in [9.17, 15) is 19.7 Å². The minimum atomic E-state index is -0.523. The van der Waals surface area contributed by atoms with Gasteiger partial charge in [0.1, 0.15) is 5.69 Å². The van der Waals surface area contributed by atoms with Crippen LogP contribution in [0.3, 0.4) is 0 Å². The number of methoxy groups -OCH3 is 3. The first kappa shape index (κ1) is 23.3. The van der Waals surface area contributed by atoms with Crippen LogP contribution in [-0.2, 0) is 9.59 Å². The highest BCUT2D eigenvalue weighted by Gasteiger charge is 2.42. The maximum absolute atomic E-state index is 13.5. The number of hydrogen-bond acceptors (Lipinski definition) is 7. The third kappa shape index (κ3) is 3.87. The summed E-state index contributed by atoms with van der Waals surface area (Å²) in [5, 5.41) is 11.8. The largest absolute Gasteiger partial charge is 0.493 e. The van der Waals surface area contributed by atoms with E-state index in [1.807, 2.05) is 0 Å². The first-order valence-electron chi connectivity index (χ1n) is 10.9. The zero-order valence-corrected chi connectivity index (χ0v) is 19.5. The van der Waals surface area contributed by atoms with Crippen LogP contribution >= 0.6 is 0 Å². The summed E-state index contributed by atoms with van der Waals surface area (Å²) in [5.74, 6) is 0.366. The molecule has 0 saturated carbocycles. The van der Waals surface area contributed by atoms with Gasteiger partial charge in [0.15, 0.2) is 17.3 Å². The number of Topliss-reactive ketones (excluding diaryl/α,β-unsaturated/α-hetero) is 1. The summed E-state index contributed by atoms with van der Waals surface area (Å²) in [6.07, 6.45) is 1.38. The molecule has 0 bridgehead atoms. The van der Waals surface area contributed by atoms with Gasteiger partial charge in [-0.3, -0.25) is 24.6 Å². The van der Waals surface area contributed by atoms with Crippen LogP contribution in [0.5, 0.6) is 17.2 Å². The molecule has 1 aliphatic heterocycles. The molecule has 9 heteroatoms. The van der Waals surface area contributed by atoms with Gasteiger partial charge in [-0.25, -0.2) is 0 Å². The molecule has 4 rings (SSSR count). The fourth-order valence-corrected chi connectivity index (χ4v) is 4.83. The number of hydrogen-bond donors (Lipinski definition) is 0. The molecule has 34 heavy (non-hydrogen) atoms. The van der Waals surface area contributed by atoms with E-state index in [4.69, 9.17) is 14.2 Å². The molecule has 0 spiro atoms. The van der Waals surface area contributed by atoms with Gasteiger partial charge in [0.05, 0.1) is 26.3 Å². The normalized spacial score (nSPS) is 18.0. The standard InChI is InChI=1S/C25H26N2O7/c1-14-8-9-17(19(10-14)27(30)31)26-18-6-5-7-20(28)24(18)16(13-23(26)29)15-11-21(32-2)25(34-4)22(12-15)33-3/h8-12,16H,5-7,13H2,1-4H3. The molecule has 2 aromatic carbocycles. The molecule has 0 radical (unpaired) electrons. The van der Waals surface area contributed by atoms with Crippen molar-refractivity contribution in [2.24, 2.45) is 0 Å². The predicted molar refractivity (Wildman–Crippen MR) is 125 cm³/mol. The lowest BCUT2D eigenvalue weighted by molar-refractivity contribution is -0.384. The van der Waals surface area contributed by atoms with Crippen LogP contribution in [0.4, 0.5) is 11.4 Å². The number of carbonyl (C=O) groups excluding carboxylic acids is 2. The van der Waals surface area contributed by atoms with E-state index in [0.717, 1.165) is 0 Å². The molecule has 1 amide bonds. The summed E-state index contributed by atoms with van der Waals surface area (Å²) >= 11 is 0. The minimum absolute atomic E-state index is 0.0196. The number of carbonyl (C=O) groups is 2. The van der Waals surface area contributed by atoms with Gasteiger partial charge in [-0.1, -0.05) is 6.07 Å². The van der Waals surface area contributed by atoms with Crippen LogP contribution in [0.2, 0.25) is 0 Å². The van der Waals surface area contributed by atoms with Crippen molar-refractivity contribution in [3.63, 3.8) is 0 Å². The van der Waals surface area contributed by atoms with E-state index >= 15 is 0 Å². The van der Waals surface area contributed by atoms with E-state index in [-0.39, 0.29) is 29.5 Å². The van der Waals surface area contributed by atoms with E-state index in [2.05, 4.69) is 0 Å². The fraction of sp³-hybridized carbons (Fsp3) is 0.360. The van der Waals surface area contributed by atoms with E-state index in [1.165, 1.54) is 32.3 Å². The van der Waals surface area contributed by atoms with Crippen LogP contribution in [0.1, 0.15) is 42.7 Å². The molecule has 1 aliphatic carbocycles. The lowest BCUT2D eigenvalue weighted by Gasteiger charge is -2.38. The second kappa shape index (κ2) is 9.17. The lowest BCUT2D eigenvalue weighted by atomic mass is 9.77. The molecule has 1 heterocycles. The van der Waals surface area contributed by atoms with Crippen molar-refractivity contribution in [2.45, 2.75) is 38.5 Å². The third-order valence-electron chi connectivity index (χ3n) is 6.33. The molecule has 2 aliphatic rings. The Morgan fingerprint density at radius 2 is 1.68 bits per heavy atom. The van der Waals surface area contributed by atoms with Crippen molar-refractivity contribution in [3.8, 4) is 17.2 Å². The molecule has 2 aromatic rings. The van der Waals surface area contributed by atoms with Crippen molar-refractivity contribution < 1.29 is 28.7 Å². The van der Waals surface area contributed by atoms with Gasteiger partial charge < -0.3 is 14.2 Å². The van der Waals surface area contributed by atoms with Gasteiger partial charge in [-0.05, 0) is 49.1 Å². The number of benzene rings is 2. The molecular weight excluding hydrogens is 440 g/mol. The summed E-state index contributed by atoms with van der Waals surface area (Å²) in [6.45, 7) is 1.75. The van der Waals surface area contributed by atoms with Crippen LogP contribution in [-0.4, -0.2) is 37.9 Å². The molecule has 0 aromatic heterocycles. The number of anilines is 1. The number of ketones is 1. The van der Waals surface area contributed by atoms with Crippen LogP contribution < -0.4 is 19.1 Å². The lowest BCUT2D eigenvalue weighted by Crippen LogP contribution is -2.40. The van der Waals surface area contributed by atoms with Crippen LogP contribution in [0.15, 0.2) is 41.6 Å². The summed E-state index contributed by atoms with van der Waals surface area (Å²) < 4.78 is 16.3. The van der Waals surface area contributed by atoms with Crippen molar-refractivity contribution in [1.29, 1.82) is 0 Å². The second-order valence-electron chi connectivity index (χ2n) is 8.33. The highest BCUT2D eigenvalue weighted by molar-refractivity contribution is 6.08. The molecule has 178 valence electrons. The topological polar surface area (TPSA) is 108 Å². The molecule has 9 nitrogen and oxygen atoms in total. The van der Waals surface area contributed by atoms with Crippen LogP contribution in [0, 0.1) is 17.0 Å². The maximum Gasteiger partial charge on any atom is 0.293 e. The number of amides is 1. The Labute approximate surface area is 197 Å². The fourth-order valence-electron chi connectivity index (χ4n) is 4.83. The van der Waals surface area contributed by atoms with Gasteiger partial charge in [0.2, 0.25) is 11.7 Å². The Morgan fingerprint density at radius 1 is 1.00 bits per heavy atom. The van der Waals surface area contributed by atoms with E-state index < -0.39 is 10.8 Å². The van der Waals surface area contributed by atoms with Crippen molar-refractivity contribution >= 4 is 23.1 Å². The van der Waals surface area contributed by atoms with Crippen molar-refractivity contribution in [2.75, 3.05) is 26.2 Å². The summed E-state index contributed by atoms with van der Waals surface area (Å²) in [7, 11) is 4.51. The Morgan fingerprint density at radius 3 is 2.26 bits per heavy atom. The van der Waals surface area contributed by atoms with Crippen molar-refractivity contribution in [1.82, 2.24) is 0 Å². The molecule has 0 saturated heterocycles. The number of nitro benzene ring substituents is 1. The summed E-state index contributed by atoms with van der Waals surface area (Å²) in [4.78, 5) is 39.3. The molecule has 1 unspecified atom stereocenters. The highest BCUT2D eigenvalue weighted by atomic mass is 16.6. The van der Waals surface area contributed by atoms with E-state index in [1.54, 1.807) is 31.2 Å². The molecule has 1 atom stereocenters. The smallest absolute Gasteiger partial charge is 0.293 e. The number of rotatable bonds is 6. The third-order valence-corrected chi connectivity index (χ3v) is 6.33.